The van der Waals surface area contributed by atoms with E-state index in [4.69, 9.17) is 5.73 Å². The van der Waals surface area contributed by atoms with Gasteiger partial charge in [0, 0.05) is 12.0 Å². The molecule has 0 aromatic heterocycles. The van der Waals surface area contributed by atoms with Gasteiger partial charge in [0.05, 0.1) is 0 Å². The number of sulfonamides is 1. The van der Waals surface area contributed by atoms with Gasteiger partial charge in [0.15, 0.2) is 0 Å². The maximum Gasteiger partial charge on any atom is 0.233 e. The third-order valence-corrected chi connectivity index (χ3v) is 1.82. The Hall–Kier alpha value is -0.100. The minimum Gasteiger partial charge on any atom is -0.327 e. The highest BCUT2D eigenvalue weighted by atomic mass is 35.5. The molecular formula is C4H11ClN2O2S. The zero-order valence-electron chi connectivity index (χ0n) is 5.57. The minimum absolute atomic E-state index is 0. The summed E-state index contributed by atoms with van der Waals surface area (Å²) in [5, 5.41) is 1.03. The van der Waals surface area contributed by atoms with Crippen molar-refractivity contribution in [1.82, 2.24) is 4.72 Å². The van der Waals surface area contributed by atoms with E-state index in [0.29, 0.717) is 0 Å². The summed E-state index contributed by atoms with van der Waals surface area (Å²) in [7, 11) is -1.85. The van der Waals surface area contributed by atoms with Crippen LogP contribution in [0.3, 0.4) is 0 Å². The van der Waals surface area contributed by atoms with E-state index < -0.39 is 10.0 Å². The van der Waals surface area contributed by atoms with Gasteiger partial charge in [0.1, 0.15) is 0 Å². The van der Waals surface area contributed by atoms with Gasteiger partial charge >= 0.3 is 0 Å². The Balaban J connectivity index is 0. The summed E-state index contributed by atoms with van der Waals surface area (Å²) in [6.45, 7) is 0.237. The molecule has 4 nitrogen and oxygen atoms in total. The molecule has 0 bridgehead atoms. The molecule has 0 aliphatic rings. The molecule has 0 radical (unpaired) electrons. The average molecular weight is 187 g/mol. The van der Waals surface area contributed by atoms with E-state index in [1.165, 1.54) is 13.1 Å². The summed E-state index contributed by atoms with van der Waals surface area (Å²) in [5.41, 5.74) is 5.01. The Morgan fingerprint density at radius 3 is 2.40 bits per heavy atom. The number of hydrogen-bond donors (Lipinski definition) is 2. The van der Waals surface area contributed by atoms with E-state index in [1.807, 2.05) is 0 Å². The normalized spacial score (nSPS) is 11.4. The Kier molecular flexibility index (Phi) is 7.12. The molecule has 0 saturated heterocycles. The highest BCUT2D eigenvalue weighted by Crippen LogP contribution is 1.81. The van der Waals surface area contributed by atoms with Crippen LogP contribution < -0.4 is 10.5 Å². The summed E-state index contributed by atoms with van der Waals surface area (Å²) in [6.07, 6.45) is 1.37. The lowest BCUT2D eigenvalue weighted by Crippen LogP contribution is -2.15. The fourth-order valence-electron chi connectivity index (χ4n) is 0.250. The third-order valence-electron chi connectivity index (χ3n) is 0.696. The molecule has 0 aromatic rings. The van der Waals surface area contributed by atoms with Gasteiger partial charge in [-0.3, -0.25) is 0 Å². The molecule has 0 atom stereocenters. The zero-order valence-corrected chi connectivity index (χ0v) is 7.21. The van der Waals surface area contributed by atoms with Gasteiger partial charge in [-0.2, -0.15) is 0 Å². The highest BCUT2D eigenvalue weighted by Gasteiger charge is 1.95. The number of halogens is 1. The van der Waals surface area contributed by atoms with Crippen molar-refractivity contribution in [2.24, 2.45) is 5.73 Å². The molecule has 0 heterocycles. The fraction of sp³-hybridized carbons (Fsp3) is 0.500. The summed E-state index contributed by atoms with van der Waals surface area (Å²) < 4.78 is 23.1. The molecule has 0 aromatic carbocycles. The average Bonchev–Trinajstić information content (AvgIpc) is 1.84. The van der Waals surface area contributed by atoms with Crippen molar-refractivity contribution in [2.45, 2.75) is 0 Å². The van der Waals surface area contributed by atoms with E-state index in [9.17, 15) is 8.42 Å². The van der Waals surface area contributed by atoms with E-state index >= 15 is 0 Å². The Morgan fingerprint density at radius 1 is 1.60 bits per heavy atom. The van der Waals surface area contributed by atoms with E-state index in [-0.39, 0.29) is 19.0 Å². The van der Waals surface area contributed by atoms with Crippen LogP contribution in [0.15, 0.2) is 11.5 Å². The summed E-state index contributed by atoms with van der Waals surface area (Å²) in [4.78, 5) is 0. The molecule has 3 N–H and O–H groups in total. The maximum absolute atomic E-state index is 10.5. The van der Waals surface area contributed by atoms with Crippen molar-refractivity contribution in [3.63, 3.8) is 0 Å². The number of nitrogens with two attached hydrogens (primary N) is 1. The second-order valence-electron chi connectivity index (χ2n) is 1.36. The second-order valence-corrected chi connectivity index (χ2v) is 3.13. The summed E-state index contributed by atoms with van der Waals surface area (Å²) in [5.74, 6) is 0. The van der Waals surface area contributed by atoms with Crippen molar-refractivity contribution in [3.8, 4) is 0 Å². The smallest absolute Gasteiger partial charge is 0.233 e. The van der Waals surface area contributed by atoms with Gasteiger partial charge in [-0.15, -0.1) is 12.4 Å². The Morgan fingerprint density at radius 2 is 2.10 bits per heavy atom. The monoisotopic (exact) mass is 186 g/mol. The first-order chi connectivity index (χ1) is 4.12. The predicted octanol–water partition coefficient (Wildman–Crippen LogP) is -0.570. The van der Waals surface area contributed by atoms with Gasteiger partial charge in [-0.25, -0.2) is 13.1 Å². The van der Waals surface area contributed by atoms with Crippen LogP contribution in [0.5, 0.6) is 0 Å². The molecule has 0 unspecified atom stereocenters. The molecule has 6 heteroatoms. The first-order valence-corrected chi connectivity index (χ1v) is 3.97. The summed E-state index contributed by atoms with van der Waals surface area (Å²) >= 11 is 0. The van der Waals surface area contributed by atoms with Crippen molar-refractivity contribution in [3.05, 3.63) is 11.5 Å². The van der Waals surface area contributed by atoms with Crippen LogP contribution in [0, 0.1) is 0 Å². The molecule has 0 fully saturated rings. The molecule has 0 aliphatic heterocycles. The van der Waals surface area contributed by atoms with Gasteiger partial charge in [0.25, 0.3) is 0 Å². The van der Waals surface area contributed by atoms with E-state index in [0.717, 1.165) is 5.41 Å². The van der Waals surface area contributed by atoms with Crippen LogP contribution in [0.2, 0.25) is 0 Å². The molecule has 0 rings (SSSR count). The first-order valence-electron chi connectivity index (χ1n) is 2.42. The lowest BCUT2D eigenvalue weighted by Gasteiger charge is -1.90. The molecule has 0 aliphatic carbocycles. The van der Waals surface area contributed by atoms with Crippen molar-refractivity contribution in [2.75, 3.05) is 13.6 Å². The van der Waals surface area contributed by atoms with Crippen LogP contribution in [-0.4, -0.2) is 22.0 Å². The van der Waals surface area contributed by atoms with Crippen molar-refractivity contribution < 1.29 is 8.42 Å². The van der Waals surface area contributed by atoms with Crippen LogP contribution in [0.1, 0.15) is 0 Å². The number of hydrogen-bond acceptors (Lipinski definition) is 3. The quantitative estimate of drug-likeness (QED) is 0.620. The Bertz CT molecular complexity index is 187. The fourth-order valence-corrected chi connectivity index (χ4v) is 0.751. The van der Waals surface area contributed by atoms with Crippen LogP contribution in [0.4, 0.5) is 0 Å². The molecule has 0 amide bonds. The number of nitrogens with one attached hydrogen (secondary N) is 1. The molecule has 0 spiro atoms. The van der Waals surface area contributed by atoms with E-state index in [2.05, 4.69) is 4.72 Å². The SMILES string of the molecule is CNS(=O)(=O)/C=C/CN.Cl. The van der Waals surface area contributed by atoms with Crippen LogP contribution >= 0.6 is 12.4 Å². The second kappa shape index (κ2) is 5.67. The molecule has 10 heavy (non-hydrogen) atoms. The van der Waals surface area contributed by atoms with Crippen molar-refractivity contribution >= 4 is 22.4 Å². The maximum atomic E-state index is 10.5. The van der Waals surface area contributed by atoms with Crippen LogP contribution in [-0.2, 0) is 10.0 Å². The lowest BCUT2D eigenvalue weighted by molar-refractivity contribution is 0.597. The third kappa shape index (κ3) is 6.03. The number of rotatable bonds is 3. The van der Waals surface area contributed by atoms with Gasteiger partial charge in [-0.1, -0.05) is 6.08 Å². The van der Waals surface area contributed by atoms with Gasteiger partial charge < -0.3 is 5.73 Å². The van der Waals surface area contributed by atoms with Gasteiger partial charge in [-0.05, 0) is 7.05 Å². The molecule has 62 valence electrons. The highest BCUT2D eigenvalue weighted by molar-refractivity contribution is 7.92. The predicted molar refractivity (Wildman–Crippen MR) is 43.4 cm³/mol. The van der Waals surface area contributed by atoms with E-state index in [1.54, 1.807) is 0 Å². The van der Waals surface area contributed by atoms with Crippen molar-refractivity contribution in [1.29, 1.82) is 0 Å². The molecule has 0 saturated carbocycles. The first kappa shape index (κ1) is 12.6. The zero-order chi connectivity index (χ0) is 7.33. The van der Waals surface area contributed by atoms with Crippen LogP contribution in [0.25, 0.3) is 0 Å². The summed E-state index contributed by atoms with van der Waals surface area (Å²) in [6, 6.07) is 0. The Labute approximate surface area is 66.9 Å². The topological polar surface area (TPSA) is 72.2 Å². The molecular weight excluding hydrogens is 176 g/mol. The minimum atomic E-state index is -3.19. The standard InChI is InChI=1S/C4H10N2O2S.ClH/c1-6-9(7,8)4-2-3-5;/h2,4,6H,3,5H2,1H3;1H/b4-2+;. The van der Waals surface area contributed by atoms with Gasteiger partial charge in [0.2, 0.25) is 10.0 Å². The largest absolute Gasteiger partial charge is 0.327 e. The lowest BCUT2D eigenvalue weighted by atomic mass is 10.7.